The van der Waals surface area contributed by atoms with Crippen molar-refractivity contribution in [1.29, 1.82) is 0 Å². The molecule has 1 fully saturated rings. The number of pyridine rings is 1. The van der Waals surface area contributed by atoms with Gasteiger partial charge in [0.25, 0.3) is 0 Å². The molecule has 0 bridgehead atoms. The highest BCUT2D eigenvalue weighted by atomic mass is 16.4. The summed E-state index contributed by atoms with van der Waals surface area (Å²) >= 11 is 0. The molecule has 1 unspecified atom stereocenters. The van der Waals surface area contributed by atoms with Crippen LogP contribution in [0, 0.1) is 0 Å². The van der Waals surface area contributed by atoms with Crippen molar-refractivity contribution in [1.82, 2.24) is 4.98 Å². The zero-order chi connectivity index (χ0) is 12.3. The number of anilines is 1. The topological polar surface area (TPSA) is 79.5 Å². The zero-order valence-corrected chi connectivity index (χ0v) is 9.67. The Balaban J connectivity index is 2.18. The molecule has 2 rings (SSSR count). The number of carboxylic acid groups (broad SMARTS) is 1. The van der Waals surface area contributed by atoms with Gasteiger partial charge in [0.2, 0.25) is 0 Å². The average molecular weight is 235 g/mol. The second-order valence-corrected chi connectivity index (χ2v) is 4.30. The summed E-state index contributed by atoms with van der Waals surface area (Å²) in [5, 5.41) is 8.86. The molecule has 17 heavy (non-hydrogen) atoms. The van der Waals surface area contributed by atoms with Gasteiger partial charge >= 0.3 is 5.97 Å². The highest BCUT2D eigenvalue weighted by Gasteiger charge is 2.18. The van der Waals surface area contributed by atoms with Crippen LogP contribution in [-0.4, -0.2) is 29.1 Å². The van der Waals surface area contributed by atoms with E-state index in [1.54, 1.807) is 12.3 Å². The molecule has 1 saturated heterocycles. The fourth-order valence-electron chi connectivity index (χ4n) is 2.08. The predicted octanol–water partition coefficient (Wildman–Crippen LogP) is 1.16. The third-order valence-corrected chi connectivity index (χ3v) is 3.07. The molecule has 5 nitrogen and oxygen atoms in total. The van der Waals surface area contributed by atoms with Crippen LogP contribution in [0.3, 0.4) is 0 Å². The summed E-state index contributed by atoms with van der Waals surface area (Å²) in [7, 11) is 0. The number of aromatic nitrogens is 1. The van der Waals surface area contributed by atoms with Gasteiger partial charge in [0, 0.05) is 25.0 Å². The van der Waals surface area contributed by atoms with E-state index in [1.165, 1.54) is 19.3 Å². The van der Waals surface area contributed by atoms with Crippen molar-refractivity contribution >= 4 is 11.7 Å². The SMILES string of the molecule is NC(C(=O)O)c1cc(N2CCCCC2)ccn1. The molecular formula is C12H17N3O2. The Morgan fingerprint density at radius 1 is 1.41 bits per heavy atom. The van der Waals surface area contributed by atoms with Gasteiger partial charge in [0.1, 0.15) is 6.04 Å². The Hall–Kier alpha value is -1.62. The monoisotopic (exact) mass is 235 g/mol. The summed E-state index contributed by atoms with van der Waals surface area (Å²) in [4.78, 5) is 17.1. The van der Waals surface area contributed by atoms with Gasteiger partial charge < -0.3 is 15.7 Å². The fraction of sp³-hybridized carbons (Fsp3) is 0.500. The van der Waals surface area contributed by atoms with Gasteiger partial charge in [-0.2, -0.15) is 0 Å². The Kier molecular flexibility index (Phi) is 3.58. The molecule has 0 amide bonds. The maximum atomic E-state index is 10.8. The van der Waals surface area contributed by atoms with Gasteiger partial charge in [0.05, 0.1) is 5.69 Å². The minimum atomic E-state index is -1.05. The molecule has 1 atom stereocenters. The van der Waals surface area contributed by atoms with E-state index in [4.69, 9.17) is 10.8 Å². The lowest BCUT2D eigenvalue weighted by Gasteiger charge is -2.29. The van der Waals surface area contributed by atoms with Crippen LogP contribution in [0.1, 0.15) is 31.0 Å². The molecule has 1 aromatic rings. The van der Waals surface area contributed by atoms with Gasteiger partial charge in [-0.05, 0) is 31.4 Å². The summed E-state index contributed by atoms with van der Waals surface area (Å²) in [6.45, 7) is 2.04. The van der Waals surface area contributed by atoms with E-state index in [9.17, 15) is 4.79 Å². The molecule has 0 aromatic carbocycles. The first-order chi connectivity index (χ1) is 8.18. The number of hydrogen-bond donors (Lipinski definition) is 2. The average Bonchev–Trinajstić information content (AvgIpc) is 2.39. The second kappa shape index (κ2) is 5.14. The molecule has 92 valence electrons. The van der Waals surface area contributed by atoms with E-state index in [0.29, 0.717) is 5.69 Å². The fourth-order valence-corrected chi connectivity index (χ4v) is 2.08. The molecule has 0 spiro atoms. The molecule has 1 aliphatic rings. The Morgan fingerprint density at radius 2 is 2.12 bits per heavy atom. The standard InChI is InChI=1S/C12H17N3O2/c13-11(12(16)17)10-8-9(4-5-14-10)15-6-2-1-3-7-15/h4-5,8,11H,1-3,6-7,13H2,(H,16,17). The van der Waals surface area contributed by atoms with Crippen molar-refractivity contribution in [3.63, 3.8) is 0 Å². The van der Waals surface area contributed by atoms with E-state index in [2.05, 4.69) is 9.88 Å². The van der Waals surface area contributed by atoms with Crippen LogP contribution in [0.15, 0.2) is 18.3 Å². The van der Waals surface area contributed by atoms with Crippen LogP contribution in [0.4, 0.5) is 5.69 Å². The van der Waals surface area contributed by atoms with Crippen molar-refractivity contribution in [2.24, 2.45) is 5.73 Å². The lowest BCUT2D eigenvalue weighted by molar-refractivity contribution is -0.138. The number of carbonyl (C=O) groups is 1. The Bertz CT molecular complexity index is 402. The molecule has 3 N–H and O–H groups in total. The molecule has 0 aliphatic carbocycles. The largest absolute Gasteiger partial charge is 0.480 e. The summed E-state index contributed by atoms with van der Waals surface area (Å²) in [5.41, 5.74) is 6.99. The third-order valence-electron chi connectivity index (χ3n) is 3.07. The second-order valence-electron chi connectivity index (χ2n) is 4.30. The number of piperidine rings is 1. The molecular weight excluding hydrogens is 218 g/mol. The first-order valence-electron chi connectivity index (χ1n) is 5.88. The summed E-state index contributed by atoms with van der Waals surface area (Å²) in [5.74, 6) is -1.05. The van der Waals surface area contributed by atoms with Gasteiger partial charge in [-0.25, -0.2) is 0 Å². The van der Waals surface area contributed by atoms with Gasteiger partial charge in [-0.1, -0.05) is 0 Å². The summed E-state index contributed by atoms with van der Waals surface area (Å²) < 4.78 is 0. The van der Waals surface area contributed by atoms with Crippen LogP contribution in [0.5, 0.6) is 0 Å². The van der Waals surface area contributed by atoms with E-state index in [1.807, 2.05) is 6.07 Å². The van der Waals surface area contributed by atoms with Crippen LogP contribution in [-0.2, 0) is 4.79 Å². The summed E-state index contributed by atoms with van der Waals surface area (Å²) in [6.07, 6.45) is 5.26. The number of aliphatic carboxylic acids is 1. The van der Waals surface area contributed by atoms with Gasteiger partial charge in [-0.15, -0.1) is 0 Å². The maximum Gasteiger partial charge on any atom is 0.326 e. The lowest BCUT2D eigenvalue weighted by Crippen LogP contribution is -2.30. The molecule has 0 saturated carbocycles. The van der Waals surface area contributed by atoms with Crippen molar-refractivity contribution in [2.75, 3.05) is 18.0 Å². The number of hydrogen-bond acceptors (Lipinski definition) is 4. The van der Waals surface area contributed by atoms with Crippen molar-refractivity contribution in [3.05, 3.63) is 24.0 Å². The number of nitrogens with zero attached hydrogens (tertiary/aromatic N) is 2. The predicted molar refractivity (Wildman–Crippen MR) is 64.9 cm³/mol. The normalized spacial score (nSPS) is 17.8. The Morgan fingerprint density at radius 3 is 2.76 bits per heavy atom. The molecule has 2 heterocycles. The summed E-state index contributed by atoms with van der Waals surface area (Å²) in [6, 6.07) is 2.65. The van der Waals surface area contributed by atoms with Crippen molar-refractivity contribution in [2.45, 2.75) is 25.3 Å². The minimum Gasteiger partial charge on any atom is -0.480 e. The maximum absolute atomic E-state index is 10.8. The molecule has 0 radical (unpaired) electrons. The van der Waals surface area contributed by atoms with Crippen molar-refractivity contribution < 1.29 is 9.90 Å². The van der Waals surface area contributed by atoms with Crippen LogP contribution in [0.25, 0.3) is 0 Å². The number of carboxylic acids is 1. The highest BCUT2D eigenvalue weighted by molar-refractivity contribution is 5.75. The quantitative estimate of drug-likeness (QED) is 0.821. The minimum absolute atomic E-state index is 0.417. The first-order valence-corrected chi connectivity index (χ1v) is 5.88. The molecule has 1 aromatic heterocycles. The smallest absolute Gasteiger partial charge is 0.326 e. The molecule has 5 heteroatoms. The van der Waals surface area contributed by atoms with Crippen LogP contribution < -0.4 is 10.6 Å². The first kappa shape index (κ1) is 11.9. The molecule has 1 aliphatic heterocycles. The van der Waals surface area contributed by atoms with E-state index < -0.39 is 12.0 Å². The van der Waals surface area contributed by atoms with Gasteiger partial charge in [0.15, 0.2) is 0 Å². The van der Waals surface area contributed by atoms with Crippen LogP contribution >= 0.6 is 0 Å². The van der Waals surface area contributed by atoms with Gasteiger partial charge in [-0.3, -0.25) is 9.78 Å². The number of rotatable bonds is 3. The lowest BCUT2D eigenvalue weighted by atomic mass is 10.1. The van der Waals surface area contributed by atoms with E-state index in [-0.39, 0.29) is 0 Å². The number of nitrogens with two attached hydrogens (primary N) is 1. The third kappa shape index (κ3) is 2.74. The van der Waals surface area contributed by atoms with Crippen LogP contribution in [0.2, 0.25) is 0 Å². The van der Waals surface area contributed by atoms with E-state index >= 15 is 0 Å². The zero-order valence-electron chi connectivity index (χ0n) is 9.67. The van der Waals surface area contributed by atoms with Crippen molar-refractivity contribution in [3.8, 4) is 0 Å². The Labute approximate surface area is 100 Å². The highest BCUT2D eigenvalue weighted by Crippen LogP contribution is 2.21. The van der Waals surface area contributed by atoms with E-state index in [0.717, 1.165) is 18.8 Å².